The Kier molecular flexibility index (Phi) is 7.16. The second-order valence-corrected chi connectivity index (χ2v) is 12.1. The molecule has 0 spiro atoms. The van der Waals surface area contributed by atoms with Gasteiger partial charge in [-0.15, -0.1) is 0 Å². The van der Waals surface area contributed by atoms with Gasteiger partial charge in [0.2, 0.25) is 9.84 Å². The third-order valence-corrected chi connectivity index (χ3v) is 8.18. The molecule has 1 aromatic heterocycles. The Morgan fingerprint density at radius 1 is 1.06 bits per heavy atom. The molecule has 0 bridgehead atoms. The molecule has 0 aliphatic carbocycles. The van der Waals surface area contributed by atoms with Crippen LogP contribution in [0.5, 0.6) is 5.75 Å². The van der Waals surface area contributed by atoms with Crippen LogP contribution in [0, 0.1) is 0 Å². The third-order valence-electron chi connectivity index (χ3n) is 6.17. The summed E-state index contributed by atoms with van der Waals surface area (Å²) in [6, 6.07) is 10.2. The molecule has 1 saturated heterocycles. The lowest BCUT2D eigenvalue weighted by molar-refractivity contribution is 0.0240. The maximum atomic E-state index is 13.8. The van der Waals surface area contributed by atoms with Crippen molar-refractivity contribution < 1.29 is 22.7 Å². The van der Waals surface area contributed by atoms with Gasteiger partial charge < -0.3 is 23.8 Å². The molecule has 0 radical (unpaired) electrons. The fourth-order valence-corrected chi connectivity index (χ4v) is 6.04. The molecule has 1 fully saturated rings. The number of methoxy groups -OCH3 is 1. The number of aryl methyl sites for hydroxylation is 1. The molecule has 4 rings (SSSR count). The predicted octanol–water partition coefficient (Wildman–Crippen LogP) is 5.21. The average molecular weight is 534 g/mol. The van der Waals surface area contributed by atoms with E-state index in [4.69, 9.17) is 21.1 Å². The standard InChI is InChI=1S/C26H32ClN3O5S/c1-6-28-17-24(20-15-18(27)7-9-21(20)28)36(32,33)19-8-10-23(34-5)22(16-19)29-11-13-30(14-12-29)25(31)35-26(2,3)4/h7-10,15-17H,6,11-14H2,1-5H3. The van der Waals surface area contributed by atoms with Crippen molar-refractivity contribution in [3.05, 3.63) is 47.6 Å². The number of benzene rings is 2. The van der Waals surface area contributed by atoms with Crippen molar-refractivity contribution in [2.75, 3.05) is 38.2 Å². The third kappa shape index (κ3) is 5.13. The average Bonchev–Trinajstić information content (AvgIpc) is 3.21. The molecule has 1 aliphatic heterocycles. The van der Waals surface area contributed by atoms with Crippen LogP contribution in [0.1, 0.15) is 27.7 Å². The molecular weight excluding hydrogens is 502 g/mol. The first kappa shape index (κ1) is 26.2. The summed E-state index contributed by atoms with van der Waals surface area (Å²) in [5.41, 5.74) is 0.915. The first-order valence-electron chi connectivity index (χ1n) is 11.9. The summed E-state index contributed by atoms with van der Waals surface area (Å²) in [5, 5.41) is 1.07. The fourth-order valence-electron chi connectivity index (χ4n) is 4.38. The zero-order valence-corrected chi connectivity index (χ0v) is 22.8. The number of piperazine rings is 1. The Hall–Kier alpha value is -2.91. The number of rotatable bonds is 5. The predicted molar refractivity (Wildman–Crippen MR) is 141 cm³/mol. The number of carbonyl (C=O) groups excluding carboxylic acids is 1. The van der Waals surface area contributed by atoms with E-state index in [1.54, 1.807) is 48.5 Å². The molecule has 0 atom stereocenters. The van der Waals surface area contributed by atoms with Crippen LogP contribution in [0.2, 0.25) is 5.02 Å². The molecule has 3 aromatic rings. The van der Waals surface area contributed by atoms with Crippen LogP contribution in [0.15, 0.2) is 52.4 Å². The van der Waals surface area contributed by atoms with Crippen molar-refractivity contribution in [2.45, 2.75) is 49.6 Å². The van der Waals surface area contributed by atoms with Gasteiger partial charge in [0.1, 0.15) is 11.4 Å². The van der Waals surface area contributed by atoms with Crippen LogP contribution in [0.3, 0.4) is 0 Å². The fraction of sp³-hybridized carbons (Fsp3) is 0.423. The number of hydrogen-bond donors (Lipinski definition) is 0. The summed E-state index contributed by atoms with van der Waals surface area (Å²) in [6.07, 6.45) is 1.32. The van der Waals surface area contributed by atoms with Crippen molar-refractivity contribution in [1.82, 2.24) is 9.47 Å². The molecule has 2 aromatic carbocycles. The molecule has 194 valence electrons. The summed E-state index contributed by atoms with van der Waals surface area (Å²) in [6.45, 7) is 10.1. The van der Waals surface area contributed by atoms with Gasteiger partial charge in [0.25, 0.3) is 0 Å². The quantitative estimate of drug-likeness (QED) is 0.447. The number of ether oxygens (including phenoxy) is 2. The van der Waals surface area contributed by atoms with Crippen LogP contribution < -0.4 is 9.64 Å². The summed E-state index contributed by atoms with van der Waals surface area (Å²) in [4.78, 5) is 16.5. The summed E-state index contributed by atoms with van der Waals surface area (Å²) >= 11 is 6.21. The Morgan fingerprint density at radius 2 is 1.75 bits per heavy atom. The second-order valence-electron chi connectivity index (χ2n) is 9.73. The SMILES string of the molecule is CCn1cc(S(=O)(=O)c2ccc(OC)c(N3CCN(C(=O)OC(C)(C)C)CC3)c2)c2cc(Cl)ccc21. The number of sulfone groups is 1. The number of halogens is 1. The van der Waals surface area contributed by atoms with Crippen LogP contribution in [0.25, 0.3) is 10.9 Å². The highest BCUT2D eigenvalue weighted by Crippen LogP contribution is 2.37. The topological polar surface area (TPSA) is 81.1 Å². The van der Waals surface area contributed by atoms with E-state index in [-0.39, 0.29) is 15.9 Å². The van der Waals surface area contributed by atoms with E-state index in [2.05, 4.69) is 0 Å². The number of anilines is 1. The highest BCUT2D eigenvalue weighted by atomic mass is 35.5. The van der Waals surface area contributed by atoms with Gasteiger partial charge in [0.05, 0.1) is 22.6 Å². The molecule has 8 nitrogen and oxygen atoms in total. The minimum absolute atomic E-state index is 0.169. The molecule has 1 amide bonds. The molecule has 36 heavy (non-hydrogen) atoms. The van der Waals surface area contributed by atoms with Gasteiger partial charge in [-0.25, -0.2) is 13.2 Å². The van der Waals surface area contributed by atoms with Gasteiger partial charge in [0, 0.05) is 54.8 Å². The highest BCUT2D eigenvalue weighted by Gasteiger charge is 2.29. The van der Waals surface area contributed by atoms with Crippen LogP contribution in [-0.2, 0) is 21.1 Å². The molecule has 0 saturated carbocycles. The first-order valence-corrected chi connectivity index (χ1v) is 13.7. The lowest BCUT2D eigenvalue weighted by Crippen LogP contribution is -2.50. The van der Waals surface area contributed by atoms with Crippen molar-refractivity contribution >= 4 is 44.1 Å². The number of fused-ring (bicyclic) bond motifs is 1. The van der Waals surface area contributed by atoms with Crippen LogP contribution >= 0.6 is 11.6 Å². The first-order chi connectivity index (χ1) is 16.9. The van der Waals surface area contributed by atoms with E-state index in [0.717, 1.165) is 5.52 Å². The largest absolute Gasteiger partial charge is 0.495 e. The molecular formula is C26H32ClN3O5S. The van der Waals surface area contributed by atoms with Gasteiger partial charge in [-0.2, -0.15) is 0 Å². The minimum Gasteiger partial charge on any atom is -0.495 e. The van der Waals surface area contributed by atoms with E-state index in [0.29, 0.717) is 54.6 Å². The minimum atomic E-state index is -3.85. The van der Waals surface area contributed by atoms with Crippen LogP contribution in [-0.4, -0.2) is 62.9 Å². The van der Waals surface area contributed by atoms with Crippen molar-refractivity contribution in [2.24, 2.45) is 0 Å². The van der Waals surface area contributed by atoms with E-state index in [1.807, 2.05) is 43.2 Å². The second kappa shape index (κ2) is 9.86. The zero-order valence-electron chi connectivity index (χ0n) is 21.2. The number of aromatic nitrogens is 1. The van der Waals surface area contributed by atoms with E-state index < -0.39 is 15.4 Å². The molecule has 1 aliphatic rings. The van der Waals surface area contributed by atoms with Gasteiger partial charge in [-0.05, 0) is 64.1 Å². The summed E-state index contributed by atoms with van der Waals surface area (Å²) in [5.74, 6) is 0.568. The smallest absolute Gasteiger partial charge is 0.410 e. The lowest BCUT2D eigenvalue weighted by atomic mass is 10.2. The van der Waals surface area contributed by atoms with Gasteiger partial charge in [-0.1, -0.05) is 11.6 Å². The monoisotopic (exact) mass is 533 g/mol. The van der Waals surface area contributed by atoms with Crippen LogP contribution in [0.4, 0.5) is 10.5 Å². The molecule has 0 N–H and O–H groups in total. The maximum Gasteiger partial charge on any atom is 0.410 e. The molecule has 0 unspecified atom stereocenters. The van der Waals surface area contributed by atoms with Gasteiger partial charge in [0.15, 0.2) is 0 Å². The van der Waals surface area contributed by atoms with Gasteiger partial charge >= 0.3 is 6.09 Å². The summed E-state index contributed by atoms with van der Waals surface area (Å²) in [7, 11) is -2.29. The normalized spacial score (nSPS) is 14.8. The zero-order chi connectivity index (χ0) is 26.3. The Bertz CT molecular complexity index is 1390. The van der Waals surface area contributed by atoms with Crippen molar-refractivity contribution in [3.8, 4) is 5.75 Å². The number of amides is 1. The number of carbonyl (C=O) groups is 1. The Morgan fingerprint density at radius 3 is 2.36 bits per heavy atom. The number of hydrogen-bond acceptors (Lipinski definition) is 6. The van der Waals surface area contributed by atoms with E-state index >= 15 is 0 Å². The van der Waals surface area contributed by atoms with E-state index in [1.165, 1.54) is 0 Å². The Labute approximate surface area is 217 Å². The molecule has 2 heterocycles. The maximum absolute atomic E-state index is 13.8. The summed E-state index contributed by atoms with van der Waals surface area (Å²) < 4.78 is 40.6. The van der Waals surface area contributed by atoms with Crippen molar-refractivity contribution in [3.63, 3.8) is 0 Å². The molecule has 10 heteroatoms. The van der Waals surface area contributed by atoms with Gasteiger partial charge in [-0.3, -0.25) is 0 Å². The lowest BCUT2D eigenvalue weighted by Gasteiger charge is -2.37. The number of nitrogens with zero attached hydrogens (tertiary/aromatic N) is 3. The van der Waals surface area contributed by atoms with Crippen molar-refractivity contribution in [1.29, 1.82) is 0 Å². The van der Waals surface area contributed by atoms with E-state index in [9.17, 15) is 13.2 Å². The highest BCUT2D eigenvalue weighted by molar-refractivity contribution is 7.91. The Balaban J connectivity index is 1.66.